The van der Waals surface area contributed by atoms with Gasteiger partial charge in [-0.1, -0.05) is 0 Å². The number of amides is 1. The number of carbonyl (C=O) groups excluding carboxylic acids is 1. The lowest BCUT2D eigenvalue weighted by Gasteiger charge is -2.22. The van der Waals surface area contributed by atoms with E-state index in [2.05, 4.69) is 31.8 Å². The molecule has 2 aliphatic rings. The molecule has 0 radical (unpaired) electrons. The van der Waals surface area contributed by atoms with Crippen LogP contribution in [0.4, 0.5) is 5.82 Å². The van der Waals surface area contributed by atoms with Crippen molar-refractivity contribution >= 4 is 22.9 Å². The lowest BCUT2D eigenvalue weighted by molar-refractivity contribution is 0.0782. The zero-order valence-corrected chi connectivity index (χ0v) is 15.2. The Balaban J connectivity index is 1.33. The van der Waals surface area contributed by atoms with Crippen LogP contribution in [0.5, 0.6) is 0 Å². The predicted octanol–water partition coefficient (Wildman–Crippen LogP) is 1.45. The molecule has 2 saturated heterocycles. The monoisotopic (exact) mass is 363 g/mol. The van der Waals surface area contributed by atoms with Crippen LogP contribution in [0.25, 0.3) is 11.2 Å². The van der Waals surface area contributed by atoms with Crippen LogP contribution in [0.1, 0.15) is 17.3 Å². The molecule has 2 aliphatic heterocycles. The normalized spacial score (nSPS) is 21.8. The van der Waals surface area contributed by atoms with Gasteiger partial charge in [0.05, 0.1) is 11.9 Å². The van der Waals surface area contributed by atoms with Gasteiger partial charge in [0.1, 0.15) is 6.33 Å². The summed E-state index contributed by atoms with van der Waals surface area (Å²) >= 11 is 0. The van der Waals surface area contributed by atoms with Crippen molar-refractivity contribution in [3.8, 4) is 0 Å². The minimum atomic E-state index is 0.0789. The largest absolute Gasteiger partial charge is 0.354 e. The molecular formula is C19H21N7O. The Kier molecular flexibility index (Phi) is 3.77. The molecule has 8 heteroatoms. The number of aromatic nitrogens is 5. The van der Waals surface area contributed by atoms with Crippen molar-refractivity contribution in [2.45, 2.75) is 13.5 Å². The van der Waals surface area contributed by atoms with Crippen LogP contribution in [0.2, 0.25) is 0 Å². The fraction of sp³-hybridized carbons (Fsp3) is 0.421. The molecular weight excluding hydrogens is 342 g/mol. The van der Waals surface area contributed by atoms with Gasteiger partial charge in [0.2, 0.25) is 0 Å². The maximum atomic E-state index is 12.7. The van der Waals surface area contributed by atoms with Gasteiger partial charge in [0.25, 0.3) is 5.91 Å². The highest BCUT2D eigenvalue weighted by atomic mass is 16.2. The first-order chi connectivity index (χ1) is 13.2. The van der Waals surface area contributed by atoms with E-state index >= 15 is 0 Å². The van der Waals surface area contributed by atoms with E-state index in [1.807, 2.05) is 27.9 Å². The fourth-order valence-electron chi connectivity index (χ4n) is 4.33. The first-order valence-electron chi connectivity index (χ1n) is 9.34. The Morgan fingerprint density at radius 2 is 1.96 bits per heavy atom. The minimum absolute atomic E-state index is 0.0789. The van der Waals surface area contributed by atoms with Gasteiger partial charge in [0, 0.05) is 57.0 Å². The summed E-state index contributed by atoms with van der Waals surface area (Å²) in [5.74, 6) is 1.91. The Hall–Kier alpha value is -3.03. The summed E-state index contributed by atoms with van der Waals surface area (Å²) in [7, 11) is 0. The minimum Gasteiger partial charge on any atom is -0.354 e. The molecule has 2 unspecified atom stereocenters. The number of hydrogen-bond donors (Lipinski definition) is 0. The number of imidazole rings is 1. The standard InChI is InChI=1S/C19H21N7O/c1-2-24-12-23-16-17(24)21-11-22-18(16)25-7-14-9-26(10-15(14)8-25)19(27)13-4-3-5-20-6-13/h3-6,11-12,14-15H,2,7-10H2,1H3. The Morgan fingerprint density at radius 1 is 1.15 bits per heavy atom. The maximum absolute atomic E-state index is 12.7. The second kappa shape index (κ2) is 6.29. The number of hydrogen-bond acceptors (Lipinski definition) is 6. The molecule has 0 aliphatic carbocycles. The summed E-state index contributed by atoms with van der Waals surface area (Å²) in [6.07, 6.45) is 6.78. The van der Waals surface area contributed by atoms with E-state index in [1.54, 1.807) is 18.7 Å². The van der Waals surface area contributed by atoms with Crippen molar-refractivity contribution in [1.29, 1.82) is 0 Å². The topological polar surface area (TPSA) is 80.0 Å². The van der Waals surface area contributed by atoms with Crippen LogP contribution >= 0.6 is 0 Å². The molecule has 0 aromatic carbocycles. The van der Waals surface area contributed by atoms with Gasteiger partial charge in [-0.05, 0) is 19.1 Å². The summed E-state index contributed by atoms with van der Waals surface area (Å²) in [6, 6.07) is 3.64. The van der Waals surface area contributed by atoms with Crippen molar-refractivity contribution < 1.29 is 4.79 Å². The molecule has 3 aromatic rings. The number of pyridine rings is 1. The SMILES string of the molecule is CCn1cnc2c(N3CC4CN(C(=O)c5cccnc5)CC4C3)ncnc21. The first-order valence-corrected chi connectivity index (χ1v) is 9.34. The number of carbonyl (C=O) groups is 1. The van der Waals surface area contributed by atoms with Crippen LogP contribution < -0.4 is 4.90 Å². The lowest BCUT2D eigenvalue weighted by atomic mass is 10.0. The van der Waals surface area contributed by atoms with E-state index < -0.39 is 0 Å². The second-order valence-corrected chi connectivity index (χ2v) is 7.28. The van der Waals surface area contributed by atoms with Crippen molar-refractivity contribution in [2.75, 3.05) is 31.1 Å². The van der Waals surface area contributed by atoms with Gasteiger partial charge in [0.15, 0.2) is 17.0 Å². The average molecular weight is 363 g/mol. The molecule has 138 valence electrons. The molecule has 2 atom stereocenters. The third-order valence-corrected chi connectivity index (χ3v) is 5.70. The van der Waals surface area contributed by atoms with E-state index in [1.165, 1.54) is 0 Å². The Labute approximate surface area is 156 Å². The number of nitrogens with zero attached hydrogens (tertiary/aromatic N) is 7. The van der Waals surface area contributed by atoms with E-state index in [-0.39, 0.29) is 5.91 Å². The van der Waals surface area contributed by atoms with Crippen molar-refractivity contribution in [3.05, 3.63) is 42.7 Å². The average Bonchev–Trinajstić information content (AvgIpc) is 3.40. The highest BCUT2D eigenvalue weighted by Crippen LogP contribution is 2.35. The zero-order valence-electron chi connectivity index (χ0n) is 15.2. The van der Waals surface area contributed by atoms with Gasteiger partial charge < -0.3 is 14.4 Å². The number of anilines is 1. The van der Waals surface area contributed by atoms with Gasteiger partial charge in [-0.2, -0.15) is 0 Å². The second-order valence-electron chi connectivity index (χ2n) is 7.28. The molecule has 0 bridgehead atoms. The Bertz CT molecular complexity index is 972. The van der Waals surface area contributed by atoms with Crippen LogP contribution in [-0.4, -0.2) is 61.5 Å². The zero-order chi connectivity index (χ0) is 18.4. The highest BCUT2D eigenvalue weighted by Gasteiger charge is 2.42. The number of aryl methyl sites for hydroxylation is 1. The summed E-state index contributed by atoms with van der Waals surface area (Å²) in [4.78, 5) is 34.4. The van der Waals surface area contributed by atoms with Crippen LogP contribution in [-0.2, 0) is 6.54 Å². The van der Waals surface area contributed by atoms with Crippen molar-refractivity contribution in [2.24, 2.45) is 11.8 Å². The van der Waals surface area contributed by atoms with Crippen LogP contribution in [0.15, 0.2) is 37.2 Å². The smallest absolute Gasteiger partial charge is 0.255 e. The van der Waals surface area contributed by atoms with Crippen molar-refractivity contribution in [1.82, 2.24) is 29.4 Å². The third kappa shape index (κ3) is 2.63. The van der Waals surface area contributed by atoms with E-state index in [9.17, 15) is 4.79 Å². The predicted molar refractivity (Wildman–Crippen MR) is 100 cm³/mol. The highest BCUT2D eigenvalue weighted by molar-refractivity contribution is 5.94. The van der Waals surface area contributed by atoms with Crippen LogP contribution in [0, 0.1) is 11.8 Å². The summed E-state index contributed by atoms with van der Waals surface area (Å²) in [5, 5.41) is 0. The van der Waals surface area contributed by atoms with Gasteiger partial charge in [-0.15, -0.1) is 0 Å². The summed E-state index contributed by atoms with van der Waals surface area (Å²) in [6.45, 7) is 6.28. The molecule has 2 fully saturated rings. The number of fused-ring (bicyclic) bond motifs is 2. The Morgan fingerprint density at radius 3 is 2.67 bits per heavy atom. The molecule has 8 nitrogen and oxygen atoms in total. The molecule has 1 amide bonds. The molecule has 27 heavy (non-hydrogen) atoms. The molecule has 5 heterocycles. The molecule has 0 spiro atoms. The molecule has 5 rings (SSSR count). The van der Waals surface area contributed by atoms with Crippen molar-refractivity contribution in [3.63, 3.8) is 0 Å². The lowest BCUT2D eigenvalue weighted by Crippen LogP contribution is -2.33. The maximum Gasteiger partial charge on any atom is 0.255 e. The van der Waals surface area contributed by atoms with Gasteiger partial charge in [-0.3, -0.25) is 9.78 Å². The van der Waals surface area contributed by atoms with E-state index in [0.717, 1.165) is 49.7 Å². The fourth-order valence-corrected chi connectivity index (χ4v) is 4.33. The summed E-state index contributed by atoms with van der Waals surface area (Å²) < 4.78 is 2.03. The third-order valence-electron chi connectivity index (χ3n) is 5.70. The number of rotatable bonds is 3. The first kappa shape index (κ1) is 16.2. The van der Waals surface area contributed by atoms with E-state index in [0.29, 0.717) is 17.4 Å². The van der Waals surface area contributed by atoms with Gasteiger partial charge in [-0.25, -0.2) is 15.0 Å². The quantitative estimate of drug-likeness (QED) is 0.701. The van der Waals surface area contributed by atoms with E-state index in [4.69, 9.17) is 0 Å². The van der Waals surface area contributed by atoms with Gasteiger partial charge >= 0.3 is 0 Å². The van der Waals surface area contributed by atoms with Crippen LogP contribution in [0.3, 0.4) is 0 Å². The molecule has 3 aromatic heterocycles. The molecule has 0 N–H and O–H groups in total. The summed E-state index contributed by atoms with van der Waals surface area (Å²) in [5.41, 5.74) is 2.41. The molecule has 0 saturated carbocycles. The number of likely N-dealkylation sites (tertiary alicyclic amines) is 1.